The van der Waals surface area contributed by atoms with E-state index in [1.807, 2.05) is 17.0 Å². The summed E-state index contributed by atoms with van der Waals surface area (Å²) < 4.78 is 38.8. The Labute approximate surface area is 117 Å². The molecular formula is C15H19F3N2. The fraction of sp³-hybridized carbons (Fsp3) is 0.600. The van der Waals surface area contributed by atoms with Gasteiger partial charge in [-0.25, -0.2) is 0 Å². The van der Waals surface area contributed by atoms with Crippen molar-refractivity contribution in [3.63, 3.8) is 0 Å². The lowest BCUT2D eigenvalue weighted by atomic mass is 9.95. The second kappa shape index (κ2) is 5.19. The van der Waals surface area contributed by atoms with E-state index in [2.05, 4.69) is 11.4 Å². The Bertz CT molecular complexity index is 484. The van der Waals surface area contributed by atoms with E-state index >= 15 is 0 Å². The van der Waals surface area contributed by atoms with Crippen molar-refractivity contribution in [1.82, 2.24) is 0 Å². The lowest BCUT2D eigenvalue weighted by molar-refractivity contribution is -0.175. The van der Waals surface area contributed by atoms with Crippen molar-refractivity contribution < 1.29 is 13.2 Å². The SMILES string of the molecule is FC(F)(F)C1CCCN(c2cccc3c2NCCC3)C1. The van der Waals surface area contributed by atoms with Crippen LogP contribution in [0.15, 0.2) is 18.2 Å². The third-order valence-corrected chi connectivity index (χ3v) is 4.28. The van der Waals surface area contributed by atoms with Crippen LogP contribution in [0.5, 0.6) is 0 Å². The molecule has 0 aromatic heterocycles. The van der Waals surface area contributed by atoms with Gasteiger partial charge in [0.2, 0.25) is 0 Å². The number of anilines is 2. The highest BCUT2D eigenvalue weighted by Crippen LogP contribution is 2.38. The van der Waals surface area contributed by atoms with Crippen LogP contribution in [0, 0.1) is 5.92 Å². The van der Waals surface area contributed by atoms with E-state index in [0.717, 1.165) is 30.8 Å². The first-order chi connectivity index (χ1) is 9.55. The fourth-order valence-electron chi connectivity index (χ4n) is 3.22. The quantitative estimate of drug-likeness (QED) is 0.843. The van der Waals surface area contributed by atoms with E-state index in [1.165, 1.54) is 5.56 Å². The third-order valence-electron chi connectivity index (χ3n) is 4.28. The van der Waals surface area contributed by atoms with Crippen molar-refractivity contribution in [2.75, 3.05) is 29.9 Å². The van der Waals surface area contributed by atoms with Crippen LogP contribution >= 0.6 is 0 Å². The summed E-state index contributed by atoms with van der Waals surface area (Å²) in [7, 11) is 0. The third kappa shape index (κ3) is 2.58. The highest BCUT2D eigenvalue weighted by Gasteiger charge is 2.42. The predicted molar refractivity (Wildman–Crippen MR) is 74.2 cm³/mol. The zero-order chi connectivity index (χ0) is 14.2. The van der Waals surface area contributed by atoms with Crippen LogP contribution in [-0.4, -0.2) is 25.8 Å². The Hall–Kier alpha value is -1.39. The number of halogens is 3. The van der Waals surface area contributed by atoms with Crippen LogP contribution in [0.4, 0.5) is 24.5 Å². The van der Waals surface area contributed by atoms with Gasteiger partial charge in [0.15, 0.2) is 0 Å². The van der Waals surface area contributed by atoms with Gasteiger partial charge in [-0.15, -0.1) is 0 Å². The van der Waals surface area contributed by atoms with Gasteiger partial charge in [0, 0.05) is 19.6 Å². The first-order valence-corrected chi connectivity index (χ1v) is 7.23. The Morgan fingerprint density at radius 1 is 1.20 bits per heavy atom. The van der Waals surface area contributed by atoms with Crippen LogP contribution < -0.4 is 10.2 Å². The minimum Gasteiger partial charge on any atom is -0.383 e. The van der Waals surface area contributed by atoms with E-state index in [0.29, 0.717) is 13.0 Å². The van der Waals surface area contributed by atoms with Crippen molar-refractivity contribution in [2.24, 2.45) is 5.92 Å². The van der Waals surface area contributed by atoms with E-state index in [1.54, 1.807) is 0 Å². The van der Waals surface area contributed by atoms with Crippen molar-refractivity contribution in [1.29, 1.82) is 0 Å². The van der Waals surface area contributed by atoms with Crippen molar-refractivity contribution in [2.45, 2.75) is 31.9 Å². The van der Waals surface area contributed by atoms with Crippen LogP contribution in [-0.2, 0) is 6.42 Å². The monoisotopic (exact) mass is 284 g/mol. The zero-order valence-electron chi connectivity index (χ0n) is 11.3. The number of nitrogens with zero attached hydrogens (tertiary/aromatic N) is 1. The molecule has 1 atom stereocenters. The van der Waals surface area contributed by atoms with Gasteiger partial charge in [-0.1, -0.05) is 12.1 Å². The molecule has 0 bridgehead atoms. The highest BCUT2D eigenvalue weighted by atomic mass is 19.4. The minimum atomic E-state index is -4.08. The molecule has 1 N–H and O–H groups in total. The summed E-state index contributed by atoms with van der Waals surface area (Å²) >= 11 is 0. The van der Waals surface area contributed by atoms with Gasteiger partial charge in [-0.05, 0) is 37.3 Å². The van der Waals surface area contributed by atoms with Gasteiger partial charge < -0.3 is 10.2 Å². The summed E-state index contributed by atoms with van der Waals surface area (Å²) in [5.41, 5.74) is 3.21. The average Bonchev–Trinajstić information content (AvgIpc) is 2.46. The van der Waals surface area contributed by atoms with E-state index in [-0.39, 0.29) is 13.0 Å². The number of hydrogen-bond donors (Lipinski definition) is 1. The van der Waals surface area contributed by atoms with Crippen LogP contribution in [0.1, 0.15) is 24.8 Å². The number of fused-ring (bicyclic) bond motifs is 1. The maximum Gasteiger partial charge on any atom is 0.393 e. The lowest BCUT2D eigenvalue weighted by Crippen LogP contribution is -2.42. The molecule has 2 aliphatic heterocycles. The number of benzene rings is 1. The first-order valence-electron chi connectivity index (χ1n) is 7.23. The first kappa shape index (κ1) is 13.6. The fourth-order valence-corrected chi connectivity index (χ4v) is 3.22. The molecule has 5 heteroatoms. The largest absolute Gasteiger partial charge is 0.393 e. The number of rotatable bonds is 1. The van der Waals surface area contributed by atoms with Crippen LogP contribution in [0.3, 0.4) is 0 Å². The Morgan fingerprint density at radius 2 is 2.05 bits per heavy atom. The molecular weight excluding hydrogens is 265 g/mol. The molecule has 0 amide bonds. The molecule has 0 spiro atoms. The Kier molecular flexibility index (Phi) is 3.52. The predicted octanol–water partition coefficient (Wildman–Crippen LogP) is 3.82. The van der Waals surface area contributed by atoms with E-state index < -0.39 is 12.1 Å². The molecule has 0 aliphatic carbocycles. The molecule has 0 saturated carbocycles. The van der Waals surface area contributed by atoms with Crippen LogP contribution in [0.25, 0.3) is 0 Å². The van der Waals surface area contributed by atoms with Crippen molar-refractivity contribution in [3.8, 4) is 0 Å². The molecule has 2 heterocycles. The molecule has 110 valence electrons. The maximum atomic E-state index is 12.9. The van der Waals surface area contributed by atoms with Gasteiger partial charge in [-0.2, -0.15) is 13.2 Å². The molecule has 20 heavy (non-hydrogen) atoms. The minimum absolute atomic E-state index is 0.0850. The number of para-hydroxylation sites is 1. The summed E-state index contributed by atoms with van der Waals surface area (Å²) in [5.74, 6) is -1.20. The molecule has 1 aromatic carbocycles. The van der Waals surface area contributed by atoms with Gasteiger partial charge in [-0.3, -0.25) is 0 Å². The van der Waals surface area contributed by atoms with E-state index in [4.69, 9.17) is 0 Å². The maximum absolute atomic E-state index is 12.9. The topological polar surface area (TPSA) is 15.3 Å². The molecule has 1 saturated heterocycles. The molecule has 1 unspecified atom stereocenters. The van der Waals surface area contributed by atoms with Gasteiger partial charge in [0.1, 0.15) is 0 Å². The van der Waals surface area contributed by atoms with Crippen molar-refractivity contribution in [3.05, 3.63) is 23.8 Å². The zero-order valence-corrected chi connectivity index (χ0v) is 11.3. The number of alkyl halides is 3. The summed E-state index contributed by atoms with van der Waals surface area (Å²) in [4.78, 5) is 1.90. The summed E-state index contributed by atoms with van der Waals surface area (Å²) in [5, 5.41) is 3.36. The Balaban J connectivity index is 1.86. The molecule has 1 fully saturated rings. The summed E-state index contributed by atoms with van der Waals surface area (Å²) in [6, 6.07) is 5.96. The molecule has 1 aromatic rings. The van der Waals surface area contributed by atoms with Crippen LogP contribution in [0.2, 0.25) is 0 Å². The average molecular weight is 284 g/mol. The molecule has 2 aliphatic rings. The van der Waals surface area contributed by atoms with Gasteiger partial charge in [0.25, 0.3) is 0 Å². The number of aryl methyl sites for hydroxylation is 1. The number of nitrogens with one attached hydrogen (secondary N) is 1. The lowest BCUT2D eigenvalue weighted by Gasteiger charge is -2.37. The number of hydrogen-bond acceptors (Lipinski definition) is 2. The highest BCUT2D eigenvalue weighted by molar-refractivity contribution is 5.74. The second-order valence-electron chi connectivity index (χ2n) is 5.67. The normalized spacial score (nSPS) is 23.1. The van der Waals surface area contributed by atoms with Crippen molar-refractivity contribution >= 4 is 11.4 Å². The standard InChI is InChI=1S/C15H19F3N2/c16-15(17,18)12-6-3-9-20(10-12)13-7-1-4-11-5-2-8-19-14(11)13/h1,4,7,12,19H,2-3,5-6,8-10H2. The van der Waals surface area contributed by atoms with Gasteiger partial charge in [0.05, 0.1) is 17.3 Å². The molecule has 3 rings (SSSR count). The smallest absolute Gasteiger partial charge is 0.383 e. The Morgan fingerprint density at radius 3 is 2.85 bits per heavy atom. The summed E-state index contributed by atoms with van der Waals surface area (Å²) in [6.45, 7) is 1.70. The molecule has 0 radical (unpaired) electrons. The summed E-state index contributed by atoms with van der Waals surface area (Å²) in [6.07, 6.45) is -1.13. The number of piperidine rings is 1. The molecule has 2 nitrogen and oxygen atoms in total. The second-order valence-corrected chi connectivity index (χ2v) is 5.67. The van der Waals surface area contributed by atoms with E-state index in [9.17, 15) is 13.2 Å². The van der Waals surface area contributed by atoms with Gasteiger partial charge >= 0.3 is 6.18 Å².